The van der Waals surface area contributed by atoms with Crippen molar-refractivity contribution in [2.24, 2.45) is 0 Å². The van der Waals surface area contributed by atoms with Gasteiger partial charge in [-0.3, -0.25) is 4.79 Å². The van der Waals surface area contributed by atoms with Crippen molar-refractivity contribution in [3.63, 3.8) is 0 Å². The molecule has 0 saturated heterocycles. The third-order valence-corrected chi connectivity index (χ3v) is 3.23. The largest absolute Gasteiger partial charge is 0.493 e. The fourth-order valence-electron chi connectivity index (χ4n) is 1.92. The maximum Gasteiger partial charge on any atom is 0.185 e. The Morgan fingerprint density at radius 2 is 1.76 bits per heavy atom. The Morgan fingerprint density at radius 1 is 1.05 bits per heavy atom. The van der Waals surface area contributed by atoms with Crippen LogP contribution in [0.2, 0.25) is 5.02 Å². The molecule has 4 heteroatoms. The van der Waals surface area contributed by atoms with E-state index in [1.807, 2.05) is 12.1 Å². The molecular formula is C17H15ClO3. The molecule has 2 rings (SSSR count). The first-order chi connectivity index (χ1) is 10.2. The molecule has 0 heterocycles. The van der Waals surface area contributed by atoms with Crippen LogP contribution in [0.3, 0.4) is 0 Å². The summed E-state index contributed by atoms with van der Waals surface area (Å²) in [6.07, 6.45) is 3.21. The number of carbonyl (C=O) groups is 1. The Balaban J connectivity index is 2.25. The third kappa shape index (κ3) is 3.64. The van der Waals surface area contributed by atoms with Crippen LogP contribution in [0.15, 0.2) is 48.5 Å². The summed E-state index contributed by atoms with van der Waals surface area (Å²) in [4.78, 5) is 12.1. The molecule has 0 amide bonds. The van der Waals surface area contributed by atoms with Crippen LogP contribution in [0.1, 0.15) is 15.9 Å². The van der Waals surface area contributed by atoms with Crippen LogP contribution in [0.25, 0.3) is 6.08 Å². The molecule has 0 aliphatic heterocycles. The molecule has 0 bridgehead atoms. The SMILES string of the molecule is COc1cccc(/C=C/C(=O)c2ccc(Cl)cc2)c1OC. The Bertz CT molecular complexity index is 660. The van der Waals surface area contributed by atoms with Crippen molar-refractivity contribution < 1.29 is 14.3 Å². The Morgan fingerprint density at radius 3 is 2.38 bits per heavy atom. The minimum atomic E-state index is -0.100. The van der Waals surface area contributed by atoms with Gasteiger partial charge >= 0.3 is 0 Å². The molecule has 108 valence electrons. The lowest BCUT2D eigenvalue weighted by atomic mass is 10.1. The second-order valence-electron chi connectivity index (χ2n) is 4.29. The first kappa shape index (κ1) is 15.1. The van der Waals surface area contributed by atoms with Crippen LogP contribution in [0.4, 0.5) is 0 Å². The quantitative estimate of drug-likeness (QED) is 0.612. The van der Waals surface area contributed by atoms with Crippen LogP contribution in [0, 0.1) is 0 Å². The zero-order valence-electron chi connectivity index (χ0n) is 11.8. The van der Waals surface area contributed by atoms with Crippen LogP contribution in [0.5, 0.6) is 11.5 Å². The van der Waals surface area contributed by atoms with E-state index in [0.29, 0.717) is 22.1 Å². The molecule has 0 spiro atoms. The summed E-state index contributed by atoms with van der Waals surface area (Å²) in [5, 5.41) is 0.602. The molecule has 3 nitrogen and oxygen atoms in total. The molecular weight excluding hydrogens is 288 g/mol. The van der Waals surface area contributed by atoms with Gasteiger partial charge in [0, 0.05) is 16.1 Å². The van der Waals surface area contributed by atoms with Gasteiger partial charge in [0.05, 0.1) is 14.2 Å². The van der Waals surface area contributed by atoms with E-state index in [9.17, 15) is 4.79 Å². The lowest BCUT2D eigenvalue weighted by Gasteiger charge is -2.09. The summed E-state index contributed by atoms with van der Waals surface area (Å²) in [7, 11) is 3.14. The van der Waals surface area contributed by atoms with E-state index >= 15 is 0 Å². The molecule has 0 atom stereocenters. The Kier molecular flexibility index (Phi) is 5.01. The second-order valence-corrected chi connectivity index (χ2v) is 4.72. The van der Waals surface area contributed by atoms with Crippen LogP contribution in [-0.4, -0.2) is 20.0 Å². The van der Waals surface area contributed by atoms with E-state index in [1.165, 1.54) is 6.08 Å². The molecule has 0 unspecified atom stereocenters. The van der Waals surface area contributed by atoms with Crippen molar-refractivity contribution in [1.82, 2.24) is 0 Å². The molecule has 21 heavy (non-hydrogen) atoms. The van der Waals surface area contributed by atoms with Crippen molar-refractivity contribution in [1.29, 1.82) is 0 Å². The molecule has 0 fully saturated rings. The molecule has 0 aliphatic rings. The molecule has 0 N–H and O–H groups in total. The van der Waals surface area contributed by atoms with Gasteiger partial charge < -0.3 is 9.47 Å². The summed E-state index contributed by atoms with van der Waals surface area (Å²) in [5.41, 5.74) is 1.36. The van der Waals surface area contributed by atoms with E-state index in [2.05, 4.69) is 0 Å². The standard InChI is InChI=1S/C17H15ClO3/c1-20-16-5-3-4-13(17(16)21-2)8-11-15(19)12-6-9-14(18)10-7-12/h3-11H,1-2H3/b11-8+. The maximum absolute atomic E-state index is 12.1. The van der Waals surface area contributed by atoms with Gasteiger partial charge in [0.15, 0.2) is 17.3 Å². The number of allylic oxidation sites excluding steroid dienone is 1. The number of rotatable bonds is 5. The monoisotopic (exact) mass is 302 g/mol. The van der Waals surface area contributed by atoms with E-state index in [4.69, 9.17) is 21.1 Å². The summed E-state index contributed by atoms with van der Waals surface area (Å²) >= 11 is 5.80. The van der Waals surface area contributed by atoms with Gasteiger partial charge in [-0.2, -0.15) is 0 Å². The smallest absolute Gasteiger partial charge is 0.185 e. The number of carbonyl (C=O) groups excluding carboxylic acids is 1. The molecule has 0 aliphatic carbocycles. The highest BCUT2D eigenvalue weighted by atomic mass is 35.5. The highest BCUT2D eigenvalue weighted by Crippen LogP contribution is 2.31. The molecule has 0 aromatic heterocycles. The Labute approximate surface area is 128 Å². The highest BCUT2D eigenvalue weighted by molar-refractivity contribution is 6.30. The van der Waals surface area contributed by atoms with Crippen LogP contribution < -0.4 is 9.47 Å². The zero-order chi connectivity index (χ0) is 15.2. The number of halogens is 1. The number of hydrogen-bond donors (Lipinski definition) is 0. The highest BCUT2D eigenvalue weighted by Gasteiger charge is 2.07. The zero-order valence-corrected chi connectivity index (χ0v) is 12.6. The number of ether oxygens (including phenoxy) is 2. The lowest BCUT2D eigenvalue weighted by Crippen LogP contribution is -1.95. The fourth-order valence-corrected chi connectivity index (χ4v) is 2.05. The molecule has 0 radical (unpaired) electrons. The lowest BCUT2D eigenvalue weighted by molar-refractivity contribution is 0.104. The van der Waals surface area contributed by atoms with Gasteiger partial charge in [-0.05, 0) is 42.5 Å². The number of hydrogen-bond acceptors (Lipinski definition) is 3. The van der Waals surface area contributed by atoms with Crippen molar-refractivity contribution in [2.75, 3.05) is 14.2 Å². The van der Waals surface area contributed by atoms with E-state index < -0.39 is 0 Å². The number of benzene rings is 2. The first-order valence-electron chi connectivity index (χ1n) is 6.34. The van der Waals surface area contributed by atoms with E-state index in [-0.39, 0.29) is 5.78 Å². The number of para-hydroxylation sites is 1. The van der Waals surface area contributed by atoms with Crippen LogP contribution >= 0.6 is 11.6 Å². The predicted octanol–water partition coefficient (Wildman–Crippen LogP) is 4.25. The van der Waals surface area contributed by atoms with Gasteiger partial charge in [-0.15, -0.1) is 0 Å². The first-order valence-corrected chi connectivity index (χ1v) is 6.72. The average molecular weight is 303 g/mol. The summed E-state index contributed by atoms with van der Waals surface area (Å²) in [5.74, 6) is 1.12. The summed E-state index contributed by atoms with van der Waals surface area (Å²) < 4.78 is 10.5. The minimum Gasteiger partial charge on any atom is -0.493 e. The normalized spacial score (nSPS) is 10.6. The van der Waals surface area contributed by atoms with Gasteiger partial charge in [0.25, 0.3) is 0 Å². The van der Waals surface area contributed by atoms with Crippen LogP contribution in [-0.2, 0) is 0 Å². The van der Waals surface area contributed by atoms with Crippen molar-refractivity contribution in [2.45, 2.75) is 0 Å². The van der Waals surface area contributed by atoms with Crippen molar-refractivity contribution in [3.8, 4) is 11.5 Å². The third-order valence-electron chi connectivity index (χ3n) is 2.98. The minimum absolute atomic E-state index is 0.100. The van der Waals surface area contributed by atoms with E-state index in [0.717, 1.165) is 5.56 Å². The van der Waals surface area contributed by atoms with Gasteiger partial charge in [-0.1, -0.05) is 23.7 Å². The van der Waals surface area contributed by atoms with Gasteiger partial charge in [0.2, 0.25) is 0 Å². The van der Waals surface area contributed by atoms with Crippen molar-refractivity contribution in [3.05, 3.63) is 64.7 Å². The van der Waals surface area contributed by atoms with E-state index in [1.54, 1.807) is 50.6 Å². The molecule has 0 saturated carbocycles. The summed E-state index contributed by atoms with van der Waals surface area (Å²) in [6.45, 7) is 0. The average Bonchev–Trinajstić information content (AvgIpc) is 2.52. The number of ketones is 1. The fraction of sp³-hybridized carbons (Fsp3) is 0.118. The topological polar surface area (TPSA) is 35.5 Å². The molecule has 2 aromatic carbocycles. The van der Waals surface area contributed by atoms with Gasteiger partial charge in [0.1, 0.15) is 0 Å². The Hall–Kier alpha value is -2.26. The predicted molar refractivity (Wildman–Crippen MR) is 84.4 cm³/mol. The molecule has 2 aromatic rings. The number of methoxy groups -OCH3 is 2. The maximum atomic E-state index is 12.1. The second kappa shape index (κ2) is 6.95. The summed E-state index contributed by atoms with van der Waals surface area (Å²) in [6, 6.07) is 12.3. The van der Waals surface area contributed by atoms with Crippen molar-refractivity contribution >= 4 is 23.5 Å². The van der Waals surface area contributed by atoms with Gasteiger partial charge in [-0.25, -0.2) is 0 Å².